The summed E-state index contributed by atoms with van der Waals surface area (Å²) in [6.07, 6.45) is 2.07. The molecule has 112 valence electrons. The van der Waals surface area contributed by atoms with Gasteiger partial charge in [-0.1, -0.05) is 0 Å². The van der Waals surface area contributed by atoms with Crippen LogP contribution in [0.25, 0.3) is 0 Å². The molecule has 0 amide bonds. The average molecular weight is 297 g/mol. The van der Waals surface area contributed by atoms with E-state index < -0.39 is 0 Å². The van der Waals surface area contributed by atoms with Crippen LogP contribution >= 0.6 is 11.8 Å². The van der Waals surface area contributed by atoms with E-state index in [0.29, 0.717) is 11.5 Å². The van der Waals surface area contributed by atoms with Gasteiger partial charge in [0.15, 0.2) is 17.5 Å². The van der Waals surface area contributed by atoms with Gasteiger partial charge in [-0.3, -0.25) is 4.99 Å². The molecule has 0 heterocycles. The lowest BCUT2D eigenvalue weighted by molar-refractivity contribution is 0.355. The monoisotopic (exact) mass is 297 g/mol. The third-order valence-corrected chi connectivity index (χ3v) is 3.15. The van der Waals surface area contributed by atoms with Gasteiger partial charge in [0, 0.05) is 24.1 Å². The molecule has 5 nitrogen and oxygen atoms in total. The van der Waals surface area contributed by atoms with E-state index in [-0.39, 0.29) is 0 Å². The van der Waals surface area contributed by atoms with Crippen LogP contribution in [0.1, 0.15) is 6.92 Å². The molecule has 0 aliphatic carbocycles. The Labute approximate surface area is 125 Å². The molecule has 0 atom stereocenters. The van der Waals surface area contributed by atoms with Gasteiger partial charge in [0.1, 0.15) is 0 Å². The second-order valence-electron chi connectivity index (χ2n) is 3.95. The summed E-state index contributed by atoms with van der Waals surface area (Å²) >= 11 is 1.78. The molecule has 0 unspecified atom stereocenters. The number of aliphatic imine (C=N–C) groups is 1. The van der Waals surface area contributed by atoms with Gasteiger partial charge >= 0.3 is 0 Å². The van der Waals surface area contributed by atoms with Crippen molar-refractivity contribution in [1.82, 2.24) is 5.32 Å². The summed E-state index contributed by atoms with van der Waals surface area (Å²) in [5, 5.41) is 6.47. The van der Waals surface area contributed by atoms with Crippen molar-refractivity contribution >= 4 is 23.4 Å². The van der Waals surface area contributed by atoms with E-state index in [2.05, 4.69) is 21.9 Å². The highest BCUT2D eigenvalue weighted by atomic mass is 32.2. The number of anilines is 1. The van der Waals surface area contributed by atoms with Gasteiger partial charge in [-0.15, -0.1) is 0 Å². The van der Waals surface area contributed by atoms with Crippen molar-refractivity contribution in [1.29, 1.82) is 0 Å². The molecule has 1 aromatic carbocycles. The van der Waals surface area contributed by atoms with E-state index >= 15 is 0 Å². The molecule has 20 heavy (non-hydrogen) atoms. The summed E-state index contributed by atoms with van der Waals surface area (Å²) in [6, 6.07) is 5.69. The van der Waals surface area contributed by atoms with Gasteiger partial charge in [-0.2, -0.15) is 11.8 Å². The summed E-state index contributed by atoms with van der Waals surface area (Å²) in [6.45, 7) is 3.64. The third-order valence-electron chi connectivity index (χ3n) is 2.56. The molecule has 0 aliphatic rings. The standard InChI is InChI=1S/C14H23N3O2S/c1-5-15-14(16-8-9-20-4)17-11-6-7-12(18-2)13(10-11)19-3/h6-7,10H,5,8-9H2,1-4H3,(H2,15,16,17). The summed E-state index contributed by atoms with van der Waals surface area (Å²) in [5.41, 5.74) is 0.909. The fraction of sp³-hybridized carbons (Fsp3) is 0.500. The lowest BCUT2D eigenvalue weighted by atomic mass is 10.3. The predicted molar refractivity (Wildman–Crippen MR) is 87.5 cm³/mol. The molecule has 0 saturated heterocycles. The average Bonchev–Trinajstić information content (AvgIpc) is 2.47. The summed E-state index contributed by atoms with van der Waals surface area (Å²) in [5.74, 6) is 3.18. The third kappa shape index (κ3) is 5.21. The van der Waals surface area contributed by atoms with Crippen molar-refractivity contribution < 1.29 is 9.47 Å². The highest BCUT2D eigenvalue weighted by Gasteiger charge is 2.05. The van der Waals surface area contributed by atoms with Crippen molar-refractivity contribution in [3.63, 3.8) is 0 Å². The lowest BCUT2D eigenvalue weighted by Crippen LogP contribution is -2.30. The minimum absolute atomic E-state index is 0.692. The number of nitrogens with zero attached hydrogens (tertiary/aromatic N) is 1. The van der Waals surface area contributed by atoms with E-state index in [1.165, 1.54) is 0 Å². The Morgan fingerprint density at radius 3 is 2.60 bits per heavy atom. The van der Waals surface area contributed by atoms with Crippen LogP contribution in [0.2, 0.25) is 0 Å². The van der Waals surface area contributed by atoms with Gasteiger partial charge in [-0.25, -0.2) is 0 Å². The summed E-state index contributed by atoms with van der Waals surface area (Å²) in [4.78, 5) is 4.50. The maximum absolute atomic E-state index is 5.29. The van der Waals surface area contributed by atoms with Crippen LogP contribution in [0.3, 0.4) is 0 Å². The van der Waals surface area contributed by atoms with Crippen molar-refractivity contribution in [2.45, 2.75) is 6.92 Å². The van der Waals surface area contributed by atoms with Gasteiger partial charge in [0.25, 0.3) is 0 Å². The second kappa shape index (κ2) is 9.36. The first-order valence-corrected chi connectivity index (χ1v) is 7.90. The quantitative estimate of drug-likeness (QED) is 0.460. The first kappa shape index (κ1) is 16.5. The Morgan fingerprint density at radius 2 is 2.00 bits per heavy atom. The second-order valence-corrected chi connectivity index (χ2v) is 4.93. The highest BCUT2D eigenvalue weighted by molar-refractivity contribution is 7.98. The Bertz CT molecular complexity index is 438. The summed E-state index contributed by atoms with van der Waals surface area (Å²) in [7, 11) is 3.25. The molecular formula is C14H23N3O2S. The van der Waals surface area contributed by atoms with Gasteiger partial charge in [-0.05, 0) is 25.3 Å². The van der Waals surface area contributed by atoms with Gasteiger partial charge in [0.2, 0.25) is 0 Å². The Balaban J connectivity index is 2.79. The predicted octanol–water partition coefficient (Wildman–Crippen LogP) is 2.44. The lowest BCUT2D eigenvalue weighted by Gasteiger charge is -2.13. The fourth-order valence-corrected chi connectivity index (χ4v) is 1.88. The number of rotatable bonds is 7. The molecule has 0 bridgehead atoms. The number of thioether (sulfide) groups is 1. The van der Waals surface area contributed by atoms with E-state index in [4.69, 9.17) is 9.47 Å². The Hall–Kier alpha value is -1.56. The first-order chi connectivity index (χ1) is 9.74. The SMILES string of the molecule is CCNC(=NCCSC)Nc1ccc(OC)c(OC)c1. The molecule has 6 heteroatoms. The summed E-state index contributed by atoms with van der Waals surface area (Å²) < 4.78 is 10.5. The molecule has 0 fully saturated rings. The Morgan fingerprint density at radius 1 is 1.25 bits per heavy atom. The first-order valence-electron chi connectivity index (χ1n) is 6.51. The van der Waals surface area contributed by atoms with Crippen molar-refractivity contribution in [2.75, 3.05) is 44.6 Å². The molecule has 0 aromatic heterocycles. The zero-order valence-electron chi connectivity index (χ0n) is 12.5. The van der Waals surface area contributed by atoms with Crippen LogP contribution in [0, 0.1) is 0 Å². The van der Waals surface area contributed by atoms with Crippen LogP contribution in [-0.4, -0.2) is 45.3 Å². The molecule has 2 N–H and O–H groups in total. The maximum atomic E-state index is 5.29. The van der Waals surface area contributed by atoms with Crippen LogP contribution in [0.5, 0.6) is 11.5 Å². The fourth-order valence-electron chi connectivity index (χ4n) is 1.61. The van der Waals surface area contributed by atoms with Crippen LogP contribution in [0.15, 0.2) is 23.2 Å². The van der Waals surface area contributed by atoms with Gasteiger partial charge in [0.05, 0.1) is 20.8 Å². The number of hydrogen-bond donors (Lipinski definition) is 2. The number of benzene rings is 1. The minimum Gasteiger partial charge on any atom is -0.493 e. The van der Waals surface area contributed by atoms with Crippen LogP contribution < -0.4 is 20.1 Å². The smallest absolute Gasteiger partial charge is 0.195 e. The number of methoxy groups -OCH3 is 2. The molecule has 0 aliphatic heterocycles. The maximum Gasteiger partial charge on any atom is 0.195 e. The van der Waals surface area contributed by atoms with E-state index in [1.54, 1.807) is 26.0 Å². The van der Waals surface area contributed by atoms with Crippen LogP contribution in [-0.2, 0) is 0 Å². The van der Waals surface area contributed by atoms with Crippen molar-refractivity contribution in [3.05, 3.63) is 18.2 Å². The van der Waals surface area contributed by atoms with E-state index in [0.717, 1.165) is 30.5 Å². The molecule has 0 spiro atoms. The number of ether oxygens (including phenoxy) is 2. The number of hydrogen-bond acceptors (Lipinski definition) is 4. The van der Waals surface area contributed by atoms with Crippen LogP contribution in [0.4, 0.5) is 5.69 Å². The Kier molecular flexibility index (Phi) is 7.72. The molecule has 1 rings (SSSR count). The largest absolute Gasteiger partial charge is 0.493 e. The van der Waals surface area contributed by atoms with E-state index in [1.807, 2.05) is 25.1 Å². The normalized spacial score (nSPS) is 11.1. The molecule has 0 saturated carbocycles. The van der Waals surface area contributed by atoms with Crippen molar-refractivity contribution in [3.8, 4) is 11.5 Å². The topological polar surface area (TPSA) is 54.9 Å². The zero-order chi connectivity index (χ0) is 14.8. The van der Waals surface area contributed by atoms with Gasteiger partial charge < -0.3 is 20.1 Å². The zero-order valence-corrected chi connectivity index (χ0v) is 13.3. The number of nitrogens with one attached hydrogen (secondary N) is 2. The minimum atomic E-state index is 0.692. The van der Waals surface area contributed by atoms with Crippen molar-refractivity contribution in [2.24, 2.45) is 4.99 Å². The molecular weight excluding hydrogens is 274 g/mol. The highest BCUT2D eigenvalue weighted by Crippen LogP contribution is 2.29. The molecule has 0 radical (unpaired) electrons. The number of guanidine groups is 1. The van der Waals surface area contributed by atoms with E-state index in [9.17, 15) is 0 Å². The molecule has 1 aromatic rings.